The molecule has 1 aromatic carbocycles. The molecule has 4 heteroatoms. The van der Waals surface area contributed by atoms with Gasteiger partial charge in [0.05, 0.1) is 30.4 Å². The predicted molar refractivity (Wildman–Crippen MR) is 77.9 cm³/mol. The Balaban J connectivity index is 2.30. The van der Waals surface area contributed by atoms with Gasteiger partial charge in [-0.1, -0.05) is 12.1 Å². The summed E-state index contributed by atoms with van der Waals surface area (Å²) in [6, 6.07) is 11.8. The van der Waals surface area contributed by atoms with Crippen LogP contribution in [0.5, 0.6) is 5.75 Å². The lowest BCUT2D eigenvalue weighted by atomic mass is 10.2. The van der Waals surface area contributed by atoms with Gasteiger partial charge in [0.25, 0.3) is 0 Å². The minimum atomic E-state index is -0.0504. The lowest BCUT2D eigenvalue weighted by molar-refractivity contribution is 0.415. The number of hydrogen-bond donors (Lipinski definition) is 1. The van der Waals surface area contributed by atoms with E-state index >= 15 is 0 Å². The molecule has 0 radical (unpaired) electrons. The monoisotopic (exact) mass is 257 g/mol. The first-order valence-electron chi connectivity index (χ1n) is 6.21. The van der Waals surface area contributed by atoms with Gasteiger partial charge >= 0.3 is 0 Å². The average Bonchev–Trinajstić information content (AvgIpc) is 2.46. The summed E-state index contributed by atoms with van der Waals surface area (Å²) in [6.07, 6.45) is 1.82. The van der Waals surface area contributed by atoms with Crippen molar-refractivity contribution in [3.05, 3.63) is 48.3 Å². The van der Waals surface area contributed by atoms with E-state index in [-0.39, 0.29) is 6.04 Å². The summed E-state index contributed by atoms with van der Waals surface area (Å²) in [5.41, 5.74) is 8.68. The maximum absolute atomic E-state index is 5.80. The Hall–Kier alpha value is -2.07. The molecule has 0 aliphatic heterocycles. The van der Waals surface area contributed by atoms with Crippen LogP contribution in [-0.2, 0) is 0 Å². The summed E-state index contributed by atoms with van der Waals surface area (Å²) in [7, 11) is 3.66. The van der Waals surface area contributed by atoms with Crippen LogP contribution < -0.4 is 15.4 Å². The third-order valence-corrected chi connectivity index (χ3v) is 3.07. The second-order valence-corrected chi connectivity index (χ2v) is 4.46. The van der Waals surface area contributed by atoms with Crippen molar-refractivity contribution in [3.63, 3.8) is 0 Å². The molecule has 4 nitrogen and oxygen atoms in total. The van der Waals surface area contributed by atoms with Crippen molar-refractivity contribution >= 4 is 11.4 Å². The van der Waals surface area contributed by atoms with Crippen LogP contribution >= 0.6 is 0 Å². The van der Waals surface area contributed by atoms with E-state index in [0.29, 0.717) is 0 Å². The average molecular weight is 257 g/mol. The predicted octanol–water partition coefficient (Wildman–Crippen LogP) is 2.88. The van der Waals surface area contributed by atoms with Crippen LogP contribution in [0.2, 0.25) is 0 Å². The van der Waals surface area contributed by atoms with E-state index < -0.39 is 0 Å². The molecule has 0 fully saturated rings. The molecule has 19 heavy (non-hydrogen) atoms. The van der Waals surface area contributed by atoms with Crippen LogP contribution in [0.25, 0.3) is 0 Å². The molecule has 0 aliphatic carbocycles. The molecule has 0 unspecified atom stereocenters. The molecule has 0 amide bonds. The van der Waals surface area contributed by atoms with Crippen molar-refractivity contribution in [3.8, 4) is 5.75 Å². The van der Waals surface area contributed by atoms with E-state index in [9.17, 15) is 0 Å². The lowest BCUT2D eigenvalue weighted by Gasteiger charge is -2.21. The number of nitrogens with two attached hydrogens (primary N) is 1. The van der Waals surface area contributed by atoms with Gasteiger partial charge in [0.2, 0.25) is 0 Å². The minimum Gasteiger partial charge on any atom is -0.495 e. The van der Waals surface area contributed by atoms with Crippen molar-refractivity contribution in [2.24, 2.45) is 5.73 Å². The van der Waals surface area contributed by atoms with Gasteiger partial charge in [-0.3, -0.25) is 4.98 Å². The summed E-state index contributed by atoms with van der Waals surface area (Å²) >= 11 is 0. The first-order valence-corrected chi connectivity index (χ1v) is 6.21. The van der Waals surface area contributed by atoms with Crippen LogP contribution in [0.1, 0.15) is 18.7 Å². The Labute approximate surface area is 113 Å². The molecule has 0 saturated heterocycles. The molecule has 100 valence electrons. The minimum absolute atomic E-state index is 0.0504. The number of nitrogens with zero attached hydrogens (tertiary/aromatic N) is 2. The fraction of sp³-hybridized carbons (Fsp3) is 0.267. The van der Waals surface area contributed by atoms with E-state index in [4.69, 9.17) is 10.5 Å². The summed E-state index contributed by atoms with van der Waals surface area (Å²) < 4.78 is 5.37. The van der Waals surface area contributed by atoms with E-state index in [1.54, 1.807) is 7.11 Å². The number of methoxy groups -OCH3 is 1. The molecule has 0 bridgehead atoms. The highest BCUT2D eigenvalue weighted by Crippen LogP contribution is 2.31. The largest absolute Gasteiger partial charge is 0.495 e. The number of anilines is 2. The SMILES string of the molecule is COc1ccccc1N(C)c1ccc([C@@H](C)N)nc1. The molecule has 0 aliphatic rings. The van der Waals surface area contributed by atoms with Crippen LogP contribution in [-0.4, -0.2) is 19.1 Å². The molecular formula is C15H19N3O. The van der Waals surface area contributed by atoms with E-state index in [1.165, 1.54) is 0 Å². The van der Waals surface area contributed by atoms with Crippen molar-refractivity contribution < 1.29 is 4.74 Å². The Morgan fingerprint density at radius 3 is 2.53 bits per heavy atom. The smallest absolute Gasteiger partial charge is 0.142 e. The molecular weight excluding hydrogens is 238 g/mol. The van der Waals surface area contributed by atoms with Gasteiger partial charge in [-0.15, -0.1) is 0 Å². The van der Waals surface area contributed by atoms with Gasteiger partial charge in [0.15, 0.2) is 0 Å². The first-order chi connectivity index (χ1) is 9.13. The summed E-state index contributed by atoms with van der Waals surface area (Å²) in [6.45, 7) is 1.92. The second-order valence-electron chi connectivity index (χ2n) is 4.46. The van der Waals surface area contributed by atoms with Gasteiger partial charge < -0.3 is 15.4 Å². The number of pyridine rings is 1. The molecule has 1 atom stereocenters. The zero-order valence-electron chi connectivity index (χ0n) is 11.5. The fourth-order valence-electron chi connectivity index (χ4n) is 1.91. The van der Waals surface area contributed by atoms with Crippen LogP contribution in [0.3, 0.4) is 0 Å². The fourth-order valence-corrected chi connectivity index (χ4v) is 1.91. The Bertz CT molecular complexity index is 537. The molecule has 0 saturated carbocycles. The quantitative estimate of drug-likeness (QED) is 0.915. The highest BCUT2D eigenvalue weighted by Gasteiger charge is 2.10. The number of benzene rings is 1. The summed E-state index contributed by atoms with van der Waals surface area (Å²) in [5.74, 6) is 0.835. The van der Waals surface area contributed by atoms with Crippen molar-refractivity contribution in [1.29, 1.82) is 0 Å². The third-order valence-electron chi connectivity index (χ3n) is 3.07. The van der Waals surface area contributed by atoms with Crippen molar-refractivity contribution in [2.45, 2.75) is 13.0 Å². The molecule has 2 N–H and O–H groups in total. The van der Waals surface area contributed by atoms with Gasteiger partial charge in [-0.2, -0.15) is 0 Å². The Morgan fingerprint density at radius 2 is 1.95 bits per heavy atom. The van der Waals surface area contributed by atoms with Crippen LogP contribution in [0.4, 0.5) is 11.4 Å². The van der Waals surface area contributed by atoms with E-state index in [1.807, 2.05) is 61.5 Å². The summed E-state index contributed by atoms with van der Waals surface area (Å²) in [4.78, 5) is 6.41. The van der Waals surface area contributed by atoms with Gasteiger partial charge in [0.1, 0.15) is 5.75 Å². The Kier molecular flexibility index (Phi) is 4.02. The zero-order chi connectivity index (χ0) is 13.8. The third kappa shape index (κ3) is 2.85. The molecule has 1 heterocycles. The highest BCUT2D eigenvalue weighted by atomic mass is 16.5. The normalized spacial score (nSPS) is 12.0. The summed E-state index contributed by atoms with van der Waals surface area (Å²) in [5, 5.41) is 0. The number of hydrogen-bond acceptors (Lipinski definition) is 4. The van der Waals surface area contributed by atoms with Crippen LogP contribution in [0, 0.1) is 0 Å². The number of aromatic nitrogens is 1. The van der Waals surface area contributed by atoms with Crippen molar-refractivity contribution in [1.82, 2.24) is 4.98 Å². The van der Waals surface area contributed by atoms with Crippen LogP contribution in [0.15, 0.2) is 42.6 Å². The molecule has 2 aromatic rings. The lowest BCUT2D eigenvalue weighted by Crippen LogP contribution is -2.12. The molecule has 2 rings (SSSR count). The van der Waals surface area contributed by atoms with Gasteiger partial charge in [-0.25, -0.2) is 0 Å². The second kappa shape index (κ2) is 5.71. The number of ether oxygens (including phenoxy) is 1. The number of rotatable bonds is 4. The number of para-hydroxylation sites is 2. The topological polar surface area (TPSA) is 51.4 Å². The Morgan fingerprint density at radius 1 is 1.21 bits per heavy atom. The highest BCUT2D eigenvalue weighted by molar-refractivity contribution is 5.68. The standard InChI is InChI=1S/C15H19N3O/c1-11(16)13-9-8-12(10-17-13)18(2)14-6-4-5-7-15(14)19-3/h4-11H,16H2,1-3H3/t11-/m1/s1. The van der Waals surface area contributed by atoms with E-state index in [0.717, 1.165) is 22.8 Å². The van der Waals surface area contributed by atoms with Gasteiger partial charge in [-0.05, 0) is 31.2 Å². The zero-order valence-corrected chi connectivity index (χ0v) is 11.5. The van der Waals surface area contributed by atoms with Crippen molar-refractivity contribution in [2.75, 3.05) is 19.1 Å². The molecule has 0 spiro atoms. The van der Waals surface area contributed by atoms with Gasteiger partial charge in [0, 0.05) is 13.1 Å². The maximum atomic E-state index is 5.80. The molecule has 1 aromatic heterocycles. The first kappa shape index (κ1) is 13.4. The maximum Gasteiger partial charge on any atom is 0.142 e. The van der Waals surface area contributed by atoms with E-state index in [2.05, 4.69) is 4.98 Å².